The first-order valence-corrected chi connectivity index (χ1v) is 7.72. The molecule has 1 atom stereocenters. The zero-order valence-corrected chi connectivity index (χ0v) is 14.3. The third kappa shape index (κ3) is 4.99. The molecular formula is C17H16F3NO6. The number of alkyl halides is 3. The van der Waals surface area contributed by atoms with Crippen LogP contribution in [0.3, 0.4) is 0 Å². The van der Waals surface area contributed by atoms with Crippen LogP contribution in [0.5, 0.6) is 0 Å². The van der Waals surface area contributed by atoms with E-state index >= 15 is 0 Å². The Morgan fingerprint density at radius 2 is 1.67 bits per heavy atom. The number of cyclic esters (lactones) is 2. The van der Waals surface area contributed by atoms with Gasteiger partial charge < -0.3 is 19.9 Å². The predicted octanol–water partition coefficient (Wildman–Crippen LogP) is 2.44. The fourth-order valence-electron chi connectivity index (χ4n) is 2.36. The molecule has 0 aromatic heterocycles. The lowest BCUT2D eigenvalue weighted by molar-refractivity contribution is -0.222. The molecule has 0 spiro atoms. The molecule has 146 valence electrons. The molecule has 7 nitrogen and oxygen atoms in total. The van der Waals surface area contributed by atoms with Gasteiger partial charge in [0, 0.05) is 20.3 Å². The second-order valence-corrected chi connectivity index (χ2v) is 6.14. The summed E-state index contributed by atoms with van der Waals surface area (Å²) in [4.78, 5) is 35.2. The summed E-state index contributed by atoms with van der Waals surface area (Å²) in [5.74, 6) is -6.99. The smallest absolute Gasteiger partial charge is 0.471 e. The van der Waals surface area contributed by atoms with E-state index in [1.165, 1.54) is 38.1 Å². The average Bonchev–Trinajstić information content (AvgIpc) is 2.52. The highest BCUT2D eigenvalue weighted by Gasteiger charge is 2.43. The third-order valence-corrected chi connectivity index (χ3v) is 3.54. The maximum Gasteiger partial charge on any atom is 0.471 e. The first kappa shape index (κ1) is 20.3. The van der Waals surface area contributed by atoms with Crippen molar-refractivity contribution in [3.8, 4) is 0 Å². The first-order chi connectivity index (χ1) is 12.4. The summed E-state index contributed by atoms with van der Waals surface area (Å²) in [6.45, 7) is 2.60. The summed E-state index contributed by atoms with van der Waals surface area (Å²) >= 11 is 0. The van der Waals surface area contributed by atoms with Gasteiger partial charge in [-0.15, -0.1) is 0 Å². The van der Waals surface area contributed by atoms with Crippen LogP contribution in [0, 0.1) is 0 Å². The molecule has 0 radical (unpaired) electrons. The molecule has 2 rings (SSSR count). The minimum atomic E-state index is -5.15. The highest BCUT2D eigenvalue weighted by molar-refractivity contribution is 6.15. The molecule has 0 aliphatic carbocycles. The van der Waals surface area contributed by atoms with E-state index in [0.29, 0.717) is 0 Å². The number of nitrogens with one attached hydrogen (secondary N) is 1. The molecule has 10 heteroatoms. The van der Waals surface area contributed by atoms with Crippen molar-refractivity contribution >= 4 is 17.8 Å². The Morgan fingerprint density at radius 1 is 1.15 bits per heavy atom. The van der Waals surface area contributed by atoms with E-state index in [1.54, 1.807) is 11.4 Å². The number of benzene rings is 1. The normalized spacial score (nSPS) is 17.6. The molecular weight excluding hydrogens is 371 g/mol. The number of hydrogen-bond acceptors (Lipinski definition) is 6. The summed E-state index contributed by atoms with van der Waals surface area (Å²) < 4.78 is 47.4. The van der Waals surface area contributed by atoms with E-state index in [1.807, 2.05) is 0 Å². The molecule has 1 amide bonds. The van der Waals surface area contributed by atoms with Crippen LogP contribution in [-0.2, 0) is 23.9 Å². The second-order valence-electron chi connectivity index (χ2n) is 6.14. The summed E-state index contributed by atoms with van der Waals surface area (Å²) in [5.41, 5.74) is -0.614. The minimum absolute atomic E-state index is 0.222. The van der Waals surface area contributed by atoms with Gasteiger partial charge in [0.1, 0.15) is 5.76 Å². The molecule has 1 aromatic rings. The molecule has 1 aliphatic heterocycles. The maximum absolute atomic E-state index is 12.6. The zero-order valence-electron chi connectivity index (χ0n) is 14.3. The molecule has 1 aliphatic rings. The average molecular weight is 387 g/mol. The van der Waals surface area contributed by atoms with Crippen LogP contribution < -0.4 is 5.32 Å². The minimum Gasteiger partial charge on any atom is -0.511 e. The number of carbonyl (C=O) groups excluding carboxylic acids is 3. The number of carbonyl (C=O) groups is 3. The number of ether oxygens (including phenoxy) is 2. The highest BCUT2D eigenvalue weighted by atomic mass is 19.4. The molecule has 1 fully saturated rings. The Bertz CT molecular complexity index is 764. The van der Waals surface area contributed by atoms with E-state index in [-0.39, 0.29) is 5.56 Å². The van der Waals surface area contributed by atoms with Crippen molar-refractivity contribution in [3.05, 3.63) is 47.2 Å². The monoisotopic (exact) mass is 387 g/mol. The number of amides is 1. The number of aliphatic hydroxyl groups is 1. The summed E-state index contributed by atoms with van der Waals surface area (Å²) in [6.07, 6.45) is -5.81. The standard InChI is InChI=1S/C17H16F3NO6/c1-16(2)26-13(23)12(14(24)27-16)11(22)8-10(9-6-4-3-5-7-9)21-15(25)17(18,19)20/h3-7,10,22H,8H2,1-2H3,(H,21,25). The van der Waals surface area contributed by atoms with Gasteiger partial charge in [-0.1, -0.05) is 30.3 Å². The number of aliphatic hydroxyl groups excluding tert-OH is 1. The summed E-state index contributed by atoms with van der Waals surface area (Å²) in [7, 11) is 0. The molecule has 1 saturated heterocycles. The van der Waals surface area contributed by atoms with Gasteiger partial charge in [-0.05, 0) is 5.56 Å². The lowest BCUT2D eigenvalue weighted by Crippen LogP contribution is -2.43. The molecule has 0 saturated carbocycles. The molecule has 1 unspecified atom stereocenters. The molecule has 27 heavy (non-hydrogen) atoms. The zero-order chi connectivity index (χ0) is 20.4. The third-order valence-electron chi connectivity index (χ3n) is 3.54. The predicted molar refractivity (Wildman–Crippen MR) is 83.9 cm³/mol. The van der Waals surface area contributed by atoms with Crippen molar-refractivity contribution in [3.63, 3.8) is 0 Å². The van der Waals surface area contributed by atoms with Crippen LogP contribution in [-0.4, -0.2) is 34.9 Å². The molecule has 2 N–H and O–H groups in total. The van der Waals surface area contributed by atoms with Crippen LogP contribution >= 0.6 is 0 Å². The van der Waals surface area contributed by atoms with E-state index in [2.05, 4.69) is 0 Å². The van der Waals surface area contributed by atoms with Gasteiger partial charge in [0.2, 0.25) is 0 Å². The van der Waals surface area contributed by atoms with E-state index in [4.69, 9.17) is 9.47 Å². The first-order valence-electron chi connectivity index (χ1n) is 7.72. The number of rotatable bonds is 4. The Labute approximate surface area is 151 Å². The highest BCUT2D eigenvalue weighted by Crippen LogP contribution is 2.29. The van der Waals surface area contributed by atoms with Gasteiger partial charge in [0.05, 0.1) is 6.04 Å². The van der Waals surface area contributed by atoms with Crippen LogP contribution in [0.4, 0.5) is 13.2 Å². The fraction of sp³-hybridized carbons (Fsp3) is 0.353. The van der Waals surface area contributed by atoms with Crippen molar-refractivity contribution < 1.29 is 42.1 Å². The van der Waals surface area contributed by atoms with E-state index in [9.17, 15) is 32.7 Å². The van der Waals surface area contributed by atoms with Gasteiger partial charge in [-0.2, -0.15) is 13.2 Å². The SMILES string of the molecule is CC1(C)OC(=O)C(=C(O)CC(NC(=O)C(F)(F)F)c2ccccc2)C(=O)O1. The largest absolute Gasteiger partial charge is 0.511 e. The van der Waals surface area contributed by atoms with Crippen molar-refractivity contribution in [2.24, 2.45) is 0 Å². The van der Waals surface area contributed by atoms with Crippen molar-refractivity contribution in [2.75, 3.05) is 0 Å². The van der Waals surface area contributed by atoms with Gasteiger partial charge >= 0.3 is 24.0 Å². The Kier molecular flexibility index (Phi) is 5.48. The van der Waals surface area contributed by atoms with Gasteiger partial charge in [-0.3, -0.25) is 4.79 Å². The van der Waals surface area contributed by atoms with Crippen molar-refractivity contribution in [1.82, 2.24) is 5.32 Å². The van der Waals surface area contributed by atoms with Crippen LogP contribution in [0.15, 0.2) is 41.7 Å². The molecule has 0 bridgehead atoms. The fourth-order valence-corrected chi connectivity index (χ4v) is 2.36. The molecule has 1 aromatic carbocycles. The van der Waals surface area contributed by atoms with Gasteiger partial charge in [0.25, 0.3) is 5.79 Å². The lowest BCUT2D eigenvalue weighted by Gasteiger charge is -2.30. The molecule has 1 heterocycles. The van der Waals surface area contributed by atoms with Crippen LogP contribution in [0.1, 0.15) is 31.9 Å². The second kappa shape index (κ2) is 7.29. The summed E-state index contributed by atoms with van der Waals surface area (Å²) in [5, 5.41) is 11.9. The van der Waals surface area contributed by atoms with Crippen LogP contribution in [0.2, 0.25) is 0 Å². The lowest BCUT2D eigenvalue weighted by atomic mass is 10.00. The van der Waals surface area contributed by atoms with Gasteiger partial charge in [-0.25, -0.2) is 9.59 Å². The van der Waals surface area contributed by atoms with E-state index < -0.39 is 53.6 Å². The maximum atomic E-state index is 12.6. The summed E-state index contributed by atoms with van der Waals surface area (Å²) in [6, 6.07) is 6.10. The number of hydrogen-bond donors (Lipinski definition) is 2. The number of esters is 2. The van der Waals surface area contributed by atoms with Crippen molar-refractivity contribution in [1.29, 1.82) is 0 Å². The Hall–Kier alpha value is -3.04. The topological polar surface area (TPSA) is 102 Å². The number of halogens is 3. The Morgan fingerprint density at radius 3 is 2.15 bits per heavy atom. The van der Waals surface area contributed by atoms with E-state index in [0.717, 1.165) is 0 Å². The van der Waals surface area contributed by atoms with Crippen molar-refractivity contribution in [2.45, 2.75) is 38.3 Å². The quantitative estimate of drug-likeness (QED) is 0.356. The Balaban J connectivity index is 2.33. The van der Waals surface area contributed by atoms with Crippen LogP contribution in [0.25, 0.3) is 0 Å². The van der Waals surface area contributed by atoms with Gasteiger partial charge in [0.15, 0.2) is 5.57 Å².